The van der Waals surface area contributed by atoms with Crippen LogP contribution in [0.2, 0.25) is 0 Å². The summed E-state index contributed by atoms with van der Waals surface area (Å²) in [6.45, 7) is 5.95. The number of nitrogens with zero attached hydrogens (tertiary/aromatic N) is 2. The van der Waals surface area contributed by atoms with E-state index in [4.69, 9.17) is 5.73 Å². The maximum Gasteiger partial charge on any atom is 0.134 e. The summed E-state index contributed by atoms with van der Waals surface area (Å²) in [6.07, 6.45) is 3.32. The minimum atomic E-state index is -0.757. The summed E-state index contributed by atoms with van der Waals surface area (Å²) in [5.74, 6) is 2.74. The van der Waals surface area contributed by atoms with Gasteiger partial charge in [0.15, 0.2) is 0 Å². The van der Waals surface area contributed by atoms with Gasteiger partial charge in [-0.05, 0) is 20.3 Å². The summed E-state index contributed by atoms with van der Waals surface area (Å²) in [7, 11) is -0.757. The van der Waals surface area contributed by atoms with E-state index in [9.17, 15) is 4.21 Å². The Morgan fingerprint density at radius 3 is 2.67 bits per heavy atom. The fraction of sp³-hybridized carbons (Fsp3) is 0.667. The van der Waals surface area contributed by atoms with Gasteiger partial charge in [0, 0.05) is 40.8 Å². The number of nitrogens with two attached hydrogens (primary N) is 1. The van der Waals surface area contributed by atoms with Crippen LogP contribution in [-0.2, 0) is 17.2 Å². The fourth-order valence-electron chi connectivity index (χ4n) is 1.53. The first kappa shape index (κ1) is 14.9. The summed E-state index contributed by atoms with van der Waals surface area (Å²) >= 11 is 0. The first-order valence-corrected chi connectivity index (χ1v) is 7.86. The van der Waals surface area contributed by atoms with Crippen molar-refractivity contribution in [3.8, 4) is 0 Å². The quantitative estimate of drug-likeness (QED) is 0.818. The van der Waals surface area contributed by atoms with Crippen molar-refractivity contribution in [3.05, 3.63) is 11.4 Å². The highest BCUT2D eigenvalue weighted by atomic mass is 32.2. The Kier molecular flexibility index (Phi) is 5.53. The van der Waals surface area contributed by atoms with Crippen LogP contribution in [0.25, 0.3) is 0 Å². The van der Waals surface area contributed by atoms with E-state index < -0.39 is 10.8 Å². The van der Waals surface area contributed by atoms with Crippen LogP contribution >= 0.6 is 0 Å². The summed E-state index contributed by atoms with van der Waals surface area (Å²) in [6, 6.07) is 0.214. The van der Waals surface area contributed by atoms with E-state index in [1.807, 2.05) is 13.8 Å². The standard InChI is InChI=1S/C12H22N4OS/c1-5-10-15-11(13)9(3)12(16-10)14-8(2)6-7-18(4)17/h8H,5-7H2,1-4H3,(H3,13,14,15,16). The number of rotatable bonds is 6. The SMILES string of the molecule is CCc1nc(N)c(C)c(NC(C)CCS(C)=O)n1. The highest BCUT2D eigenvalue weighted by Crippen LogP contribution is 2.18. The number of nitrogens with one attached hydrogen (secondary N) is 1. The van der Waals surface area contributed by atoms with E-state index in [1.54, 1.807) is 6.26 Å². The molecule has 3 N–H and O–H groups in total. The molecule has 0 aliphatic heterocycles. The van der Waals surface area contributed by atoms with Crippen LogP contribution in [0.4, 0.5) is 11.6 Å². The summed E-state index contributed by atoms with van der Waals surface area (Å²) in [5.41, 5.74) is 6.73. The summed E-state index contributed by atoms with van der Waals surface area (Å²) in [4.78, 5) is 8.65. The Labute approximate surface area is 111 Å². The van der Waals surface area contributed by atoms with Gasteiger partial charge in [0.25, 0.3) is 0 Å². The topological polar surface area (TPSA) is 80.9 Å². The number of aromatic nitrogens is 2. The molecule has 0 fully saturated rings. The van der Waals surface area contributed by atoms with Gasteiger partial charge in [0.1, 0.15) is 17.5 Å². The molecular formula is C12H22N4OS. The van der Waals surface area contributed by atoms with Crippen LogP contribution in [0.15, 0.2) is 0 Å². The molecule has 102 valence electrons. The largest absolute Gasteiger partial charge is 0.383 e. The van der Waals surface area contributed by atoms with E-state index in [2.05, 4.69) is 22.2 Å². The van der Waals surface area contributed by atoms with Crippen LogP contribution in [-0.4, -0.2) is 32.2 Å². The smallest absolute Gasteiger partial charge is 0.134 e. The van der Waals surface area contributed by atoms with Crippen LogP contribution in [0.3, 0.4) is 0 Å². The molecule has 5 nitrogen and oxygen atoms in total. The van der Waals surface area contributed by atoms with Gasteiger partial charge < -0.3 is 11.1 Å². The maximum atomic E-state index is 11.1. The first-order valence-electron chi connectivity index (χ1n) is 6.13. The average Bonchev–Trinajstić information content (AvgIpc) is 2.32. The van der Waals surface area contributed by atoms with Crippen molar-refractivity contribution in [1.29, 1.82) is 0 Å². The van der Waals surface area contributed by atoms with Crippen LogP contribution < -0.4 is 11.1 Å². The molecule has 0 saturated carbocycles. The third-order valence-corrected chi connectivity index (χ3v) is 3.58. The van der Waals surface area contributed by atoms with Crippen molar-refractivity contribution in [1.82, 2.24) is 9.97 Å². The van der Waals surface area contributed by atoms with Crippen molar-refractivity contribution in [2.24, 2.45) is 0 Å². The van der Waals surface area contributed by atoms with E-state index in [-0.39, 0.29) is 6.04 Å². The van der Waals surface area contributed by atoms with Crippen molar-refractivity contribution in [2.45, 2.75) is 39.7 Å². The number of anilines is 2. The second kappa shape index (κ2) is 6.68. The third kappa shape index (κ3) is 4.25. The molecule has 0 spiro atoms. The lowest BCUT2D eigenvalue weighted by Gasteiger charge is -2.17. The molecule has 0 bridgehead atoms. The predicted molar refractivity (Wildman–Crippen MR) is 77.2 cm³/mol. The maximum absolute atomic E-state index is 11.1. The molecule has 0 radical (unpaired) electrons. The number of nitrogen functional groups attached to an aromatic ring is 1. The molecule has 1 rings (SSSR count). The highest BCUT2D eigenvalue weighted by molar-refractivity contribution is 7.84. The zero-order valence-corrected chi connectivity index (χ0v) is 12.3. The molecule has 0 amide bonds. The van der Waals surface area contributed by atoms with Crippen LogP contribution in [0.5, 0.6) is 0 Å². The molecule has 0 aliphatic rings. The van der Waals surface area contributed by atoms with Crippen molar-refractivity contribution >= 4 is 22.4 Å². The number of hydrogen-bond donors (Lipinski definition) is 2. The van der Waals surface area contributed by atoms with Crippen LogP contribution in [0.1, 0.15) is 31.7 Å². The molecule has 1 aromatic heterocycles. The Hall–Kier alpha value is -1.17. The first-order chi connectivity index (χ1) is 8.43. The zero-order valence-electron chi connectivity index (χ0n) is 11.5. The Balaban J connectivity index is 2.76. The molecule has 0 aromatic carbocycles. The Bertz CT molecular complexity index is 436. The predicted octanol–water partition coefficient (Wildman–Crippen LogP) is 1.50. The molecule has 6 heteroatoms. The van der Waals surface area contributed by atoms with Crippen LogP contribution in [0, 0.1) is 6.92 Å². The number of hydrogen-bond acceptors (Lipinski definition) is 5. The van der Waals surface area contributed by atoms with E-state index in [0.29, 0.717) is 11.6 Å². The molecule has 2 atom stereocenters. The van der Waals surface area contributed by atoms with Crippen molar-refractivity contribution in [3.63, 3.8) is 0 Å². The highest BCUT2D eigenvalue weighted by Gasteiger charge is 2.10. The van der Waals surface area contributed by atoms with Gasteiger partial charge in [-0.25, -0.2) is 9.97 Å². The molecule has 1 aromatic rings. The summed E-state index contributed by atoms with van der Waals surface area (Å²) in [5, 5.41) is 3.32. The van der Waals surface area contributed by atoms with Gasteiger partial charge in [-0.2, -0.15) is 0 Å². The average molecular weight is 270 g/mol. The van der Waals surface area contributed by atoms with E-state index >= 15 is 0 Å². The van der Waals surface area contributed by atoms with E-state index in [0.717, 1.165) is 30.0 Å². The van der Waals surface area contributed by atoms with Crippen molar-refractivity contribution in [2.75, 3.05) is 23.1 Å². The van der Waals surface area contributed by atoms with Crippen molar-refractivity contribution < 1.29 is 4.21 Å². The minimum Gasteiger partial charge on any atom is -0.383 e. The minimum absolute atomic E-state index is 0.214. The normalized spacial score (nSPS) is 14.2. The monoisotopic (exact) mass is 270 g/mol. The molecule has 2 unspecified atom stereocenters. The third-order valence-electron chi connectivity index (χ3n) is 2.77. The second-order valence-corrected chi connectivity index (χ2v) is 6.02. The zero-order chi connectivity index (χ0) is 13.7. The lowest BCUT2D eigenvalue weighted by atomic mass is 10.2. The van der Waals surface area contributed by atoms with Gasteiger partial charge in [-0.3, -0.25) is 4.21 Å². The Morgan fingerprint density at radius 2 is 2.11 bits per heavy atom. The van der Waals surface area contributed by atoms with Gasteiger partial charge in [0.05, 0.1) is 0 Å². The van der Waals surface area contributed by atoms with Gasteiger partial charge >= 0.3 is 0 Å². The molecule has 1 heterocycles. The molecule has 0 saturated heterocycles. The van der Waals surface area contributed by atoms with Gasteiger partial charge in [0.2, 0.25) is 0 Å². The molecule has 18 heavy (non-hydrogen) atoms. The number of aryl methyl sites for hydroxylation is 1. The molecular weight excluding hydrogens is 248 g/mol. The fourth-order valence-corrected chi connectivity index (χ4v) is 2.21. The molecule has 0 aliphatic carbocycles. The summed E-state index contributed by atoms with van der Waals surface area (Å²) < 4.78 is 11.1. The van der Waals surface area contributed by atoms with Gasteiger partial charge in [-0.15, -0.1) is 0 Å². The lowest BCUT2D eigenvalue weighted by Crippen LogP contribution is -2.20. The van der Waals surface area contributed by atoms with E-state index in [1.165, 1.54) is 0 Å². The van der Waals surface area contributed by atoms with Gasteiger partial charge in [-0.1, -0.05) is 6.92 Å². The second-order valence-electron chi connectivity index (χ2n) is 4.46. The Morgan fingerprint density at radius 1 is 1.44 bits per heavy atom. The lowest BCUT2D eigenvalue weighted by molar-refractivity contribution is 0.678.